The number of nitrogens with zero attached hydrogens (tertiary/aromatic N) is 2. The van der Waals surface area contributed by atoms with Gasteiger partial charge in [-0.25, -0.2) is 4.68 Å². The number of methoxy groups -OCH3 is 1. The standard InChI is InChI=1S/C11H11ClN2O/c1-15-8-11-10(12)7-14(13-11)9-5-3-2-4-6-9/h2-7H,8H2,1H3. The van der Waals surface area contributed by atoms with Crippen molar-refractivity contribution in [1.82, 2.24) is 9.78 Å². The van der Waals surface area contributed by atoms with Crippen LogP contribution < -0.4 is 0 Å². The zero-order valence-electron chi connectivity index (χ0n) is 8.35. The van der Waals surface area contributed by atoms with Gasteiger partial charge in [0.05, 0.1) is 17.3 Å². The molecule has 15 heavy (non-hydrogen) atoms. The molecule has 0 unspecified atom stereocenters. The average Bonchev–Trinajstić information content (AvgIpc) is 2.63. The molecule has 0 saturated heterocycles. The Morgan fingerprint density at radius 3 is 2.73 bits per heavy atom. The van der Waals surface area contributed by atoms with Gasteiger partial charge in [0.2, 0.25) is 0 Å². The van der Waals surface area contributed by atoms with E-state index in [-0.39, 0.29) is 0 Å². The Labute approximate surface area is 93.2 Å². The highest BCUT2D eigenvalue weighted by atomic mass is 35.5. The molecule has 2 rings (SSSR count). The monoisotopic (exact) mass is 222 g/mol. The molecule has 3 nitrogen and oxygen atoms in total. The molecule has 0 N–H and O–H groups in total. The zero-order valence-corrected chi connectivity index (χ0v) is 9.11. The predicted octanol–water partition coefficient (Wildman–Crippen LogP) is 2.67. The van der Waals surface area contributed by atoms with Gasteiger partial charge in [-0.1, -0.05) is 29.8 Å². The zero-order chi connectivity index (χ0) is 10.7. The molecule has 4 heteroatoms. The molecule has 2 aromatic rings. The van der Waals surface area contributed by atoms with Crippen LogP contribution in [0.2, 0.25) is 5.02 Å². The van der Waals surface area contributed by atoms with Crippen LogP contribution >= 0.6 is 11.6 Å². The molecule has 78 valence electrons. The quantitative estimate of drug-likeness (QED) is 0.799. The molecular formula is C11H11ClN2O. The van der Waals surface area contributed by atoms with Gasteiger partial charge in [-0.2, -0.15) is 5.10 Å². The Bertz CT molecular complexity index is 439. The van der Waals surface area contributed by atoms with Gasteiger partial charge < -0.3 is 4.74 Å². The summed E-state index contributed by atoms with van der Waals surface area (Å²) in [6, 6.07) is 9.83. The van der Waals surface area contributed by atoms with Crippen LogP contribution in [0.1, 0.15) is 5.69 Å². The van der Waals surface area contributed by atoms with E-state index in [1.807, 2.05) is 30.3 Å². The molecular weight excluding hydrogens is 212 g/mol. The molecule has 0 fully saturated rings. The number of aromatic nitrogens is 2. The van der Waals surface area contributed by atoms with Gasteiger partial charge in [-0.3, -0.25) is 0 Å². The second kappa shape index (κ2) is 4.47. The summed E-state index contributed by atoms with van der Waals surface area (Å²) in [6.45, 7) is 0.429. The fourth-order valence-electron chi connectivity index (χ4n) is 1.34. The van der Waals surface area contributed by atoms with E-state index in [1.54, 1.807) is 18.0 Å². The van der Waals surface area contributed by atoms with E-state index in [2.05, 4.69) is 5.10 Å². The van der Waals surface area contributed by atoms with E-state index >= 15 is 0 Å². The fourth-order valence-corrected chi connectivity index (χ4v) is 1.52. The smallest absolute Gasteiger partial charge is 0.107 e. The van der Waals surface area contributed by atoms with Crippen LogP contribution in [0, 0.1) is 0 Å². The number of halogens is 1. The van der Waals surface area contributed by atoms with Gasteiger partial charge in [-0.15, -0.1) is 0 Å². The SMILES string of the molecule is COCc1nn(-c2ccccc2)cc1Cl. The van der Waals surface area contributed by atoms with Crippen LogP contribution in [0.25, 0.3) is 5.69 Å². The van der Waals surface area contributed by atoms with Crippen LogP contribution in [-0.4, -0.2) is 16.9 Å². The van der Waals surface area contributed by atoms with E-state index < -0.39 is 0 Å². The summed E-state index contributed by atoms with van der Waals surface area (Å²) in [5.74, 6) is 0. The molecule has 0 aliphatic carbocycles. The highest BCUT2D eigenvalue weighted by molar-refractivity contribution is 6.31. The second-order valence-electron chi connectivity index (χ2n) is 3.14. The van der Waals surface area contributed by atoms with Crippen molar-refractivity contribution in [3.8, 4) is 5.69 Å². The molecule has 1 aromatic heterocycles. The Morgan fingerprint density at radius 2 is 2.07 bits per heavy atom. The maximum absolute atomic E-state index is 6.01. The van der Waals surface area contributed by atoms with Gasteiger partial charge in [-0.05, 0) is 12.1 Å². The number of hydrogen-bond donors (Lipinski definition) is 0. The van der Waals surface area contributed by atoms with E-state index in [0.717, 1.165) is 11.4 Å². The first kappa shape index (κ1) is 10.2. The maximum Gasteiger partial charge on any atom is 0.107 e. The third kappa shape index (κ3) is 2.19. The van der Waals surface area contributed by atoms with Crippen LogP contribution in [0.5, 0.6) is 0 Å². The topological polar surface area (TPSA) is 27.1 Å². The van der Waals surface area contributed by atoms with Gasteiger partial charge >= 0.3 is 0 Å². The third-order valence-corrected chi connectivity index (χ3v) is 2.36. The van der Waals surface area contributed by atoms with E-state index in [4.69, 9.17) is 16.3 Å². The van der Waals surface area contributed by atoms with Crippen molar-refractivity contribution in [3.05, 3.63) is 47.2 Å². The number of rotatable bonds is 3. The lowest BCUT2D eigenvalue weighted by Gasteiger charge is -1.99. The van der Waals surface area contributed by atoms with Crippen LogP contribution in [-0.2, 0) is 11.3 Å². The van der Waals surface area contributed by atoms with Crippen LogP contribution in [0.4, 0.5) is 0 Å². The Hall–Kier alpha value is -1.32. The minimum absolute atomic E-state index is 0.429. The van der Waals surface area contributed by atoms with Crippen molar-refractivity contribution < 1.29 is 4.74 Å². The number of ether oxygens (including phenoxy) is 1. The van der Waals surface area contributed by atoms with Gasteiger partial charge in [0.1, 0.15) is 5.69 Å². The van der Waals surface area contributed by atoms with Crippen molar-refractivity contribution >= 4 is 11.6 Å². The molecule has 0 spiro atoms. The minimum atomic E-state index is 0.429. The Kier molecular flexibility index (Phi) is 3.04. The van der Waals surface area contributed by atoms with Crippen molar-refractivity contribution in [2.45, 2.75) is 6.61 Å². The second-order valence-corrected chi connectivity index (χ2v) is 3.54. The van der Waals surface area contributed by atoms with E-state index in [1.165, 1.54) is 0 Å². The molecule has 0 amide bonds. The van der Waals surface area contributed by atoms with Gasteiger partial charge in [0, 0.05) is 13.3 Å². The predicted molar refractivity (Wildman–Crippen MR) is 59.3 cm³/mol. The summed E-state index contributed by atoms with van der Waals surface area (Å²) in [5, 5.41) is 4.96. The van der Waals surface area contributed by atoms with Crippen molar-refractivity contribution in [2.24, 2.45) is 0 Å². The van der Waals surface area contributed by atoms with Crippen LogP contribution in [0.15, 0.2) is 36.5 Å². The molecule has 0 aliphatic heterocycles. The summed E-state index contributed by atoms with van der Waals surface area (Å²) >= 11 is 6.01. The summed E-state index contributed by atoms with van der Waals surface area (Å²) in [5.41, 5.74) is 1.74. The normalized spacial score (nSPS) is 10.5. The lowest BCUT2D eigenvalue weighted by atomic mass is 10.3. The molecule has 0 radical (unpaired) electrons. The third-order valence-electron chi connectivity index (χ3n) is 2.04. The summed E-state index contributed by atoms with van der Waals surface area (Å²) in [4.78, 5) is 0. The molecule has 0 saturated carbocycles. The Morgan fingerprint density at radius 1 is 1.33 bits per heavy atom. The lowest BCUT2D eigenvalue weighted by molar-refractivity contribution is 0.181. The first-order valence-electron chi connectivity index (χ1n) is 4.59. The largest absolute Gasteiger partial charge is 0.378 e. The van der Waals surface area contributed by atoms with Crippen molar-refractivity contribution in [3.63, 3.8) is 0 Å². The van der Waals surface area contributed by atoms with Gasteiger partial charge in [0.15, 0.2) is 0 Å². The van der Waals surface area contributed by atoms with E-state index in [0.29, 0.717) is 11.6 Å². The fraction of sp³-hybridized carbons (Fsp3) is 0.182. The molecule has 0 atom stereocenters. The first-order chi connectivity index (χ1) is 7.31. The van der Waals surface area contributed by atoms with E-state index in [9.17, 15) is 0 Å². The lowest BCUT2D eigenvalue weighted by Crippen LogP contribution is -1.96. The Balaban J connectivity index is 2.34. The van der Waals surface area contributed by atoms with Crippen LogP contribution in [0.3, 0.4) is 0 Å². The van der Waals surface area contributed by atoms with Crippen molar-refractivity contribution in [1.29, 1.82) is 0 Å². The highest BCUT2D eigenvalue weighted by Gasteiger charge is 2.06. The molecule has 0 aliphatic rings. The van der Waals surface area contributed by atoms with Crippen molar-refractivity contribution in [2.75, 3.05) is 7.11 Å². The maximum atomic E-state index is 6.01. The summed E-state index contributed by atoms with van der Waals surface area (Å²) < 4.78 is 6.74. The highest BCUT2D eigenvalue weighted by Crippen LogP contribution is 2.17. The number of para-hydroxylation sites is 1. The molecule has 1 heterocycles. The summed E-state index contributed by atoms with van der Waals surface area (Å²) in [7, 11) is 1.62. The molecule has 1 aromatic carbocycles. The van der Waals surface area contributed by atoms with Gasteiger partial charge in [0.25, 0.3) is 0 Å². The number of benzene rings is 1. The summed E-state index contributed by atoms with van der Waals surface area (Å²) in [6.07, 6.45) is 1.78. The number of hydrogen-bond acceptors (Lipinski definition) is 2. The first-order valence-corrected chi connectivity index (χ1v) is 4.97. The minimum Gasteiger partial charge on any atom is -0.378 e. The molecule has 0 bridgehead atoms. The average molecular weight is 223 g/mol.